The van der Waals surface area contributed by atoms with E-state index in [4.69, 9.17) is 46.4 Å². The van der Waals surface area contributed by atoms with Gasteiger partial charge in [-0.05, 0) is 30.7 Å². The van der Waals surface area contributed by atoms with E-state index in [0.29, 0.717) is 16.1 Å². The zero-order chi connectivity index (χ0) is 16.6. The number of aromatic hydroxyl groups is 2. The number of hydrogen-bond donors (Lipinski definition) is 2. The molecule has 0 bridgehead atoms. The Morgan fingerprint density at radius 3 is 2.27 bits per heavy atom. The topological polar surface area (TPSA) is 57.5 Å². The van der Waals surface area contributed by atoms with Gasteiger partial charge in [0.1, 0.15) is 11.5 Å². The van der Waals surface area contributed by atoms with Crippen LogP contribution in [-0.2, 0) is 6.42 Å². The first-order valence-corrected chi connectivity index (χ1v) is 7.61. The molecule has 0 aromatic heterocycles. The molecule has 2 N–H and O–H groups in total. The van der Waals surface area contributed by atoms with Crippen LogP contribution in [0.1, 0.15) is 21.5 Å². The molecule has 0 spiro atoms. The van der Waals surface area contributed by atoms with Gasteiger partial charge in [-0.3, -0.25) is 4.79 Å². The molecular formula is C15H10Cl4O3. The van der Waals surface area contributed by atoms with Crippen LogP contribution in [0.25, 0.3) is 0 Å². The van der Waals surface area contributed by atoms with Gasteiger partial charge in [0.2, 0.25) is 0 Å². The summed E-state index contributed by atoms with van der Waals surface area (Å²) in [5.74, 6) is -1.02. The first-order chi connectivity index (χ1) is 10.2. The van der Waals surface area contributed by atoms with Crippen molar-refractivity contribution in [1.82, 2.24) is 0 Å². The Bertz CT molecular complexity index is 746. The number of hydrogen-bond acceptors (Lipinski definition) is 3. The fourth-order valence-electron chi connectivity index (χ4n) is 2.04. The minimum absolute atomic E-state index is 0.0403. The fraction of sp³-hybridized carbons (Fsp3) is 0.133. The second-order valence-electron chi connectivity index (χ2n) is 4.71. The first-order valence-electron chi connectivity index (χ1n) is 6.10. The summed E-state index contributed by atoms with van der Waals surface area (Å²) in [5.41, 5.74) is 0.674. The van der Waals surface area contributed by atoms with Gasteiger partial charge < -0.3 is 10.2 Å². The van der Waals surface area contributed by atoms with Crippen LogP contribution in [-0.4, -0.2) is 16.0 Å². The lowest BCUT2D eigenvalue weighted by Crippen LogP contribution is -2.06. The van der Waals surface area contributed by atoms with Gasteiger partial charge in [0.25, 0.3) is 0 Å². The van der Waals surface area contributed by atoms with Gasteiger partial charge in [-0.15, -0.1) is 0 Å². The van der Waals surface area contributed by atoms with Gasteiger partial charge in [-0.2, -0.15) is 0 Å². The Kier molecular flexibility index (Phi) is 5.13. The average Bonchev–Trinajstić information content (AvgIpc) is 2.42. The molecule has 0 amide bonds. The van der Waals surface area contributed by atoms with E-state index < -0.39 is 11.5 Å². The highest BCUT2D eigenvalue weighted by atomic mass is 35.5. The van der Waals surface area contributed by atoms with Crippen LogP contribution in [0.5, 0.6) is 11.5 Å². The summed E-state index contributed by atoms with van der Waals surface area (Å²) in [6, 6.07) is 4.29. The molecule has 3 nitrogen and oxygen atoms in total. The molecule has 0 aliphatic heterocycles. The highest BCUT2D eigenvalue weighted by Crippen LogP contribution is 2.39. The molecule has 0 unspecified atom stereocenters. The Morgan fingerprint density at radius 2 is 1.64 bits per heavy atom. The van der Waals surface area contributed by atoms with Gasteiger partial charge in [-0.25, -0.2) is 0 Å². The van der Waals surface area contributed by atoms with Crippen LogP contribution >= 0.6 is 46.4 Å². The van der Waals surface area contributed by atoms with Gasteiger partial charge >= 0.3 is 0 Å². The molecule has 0 heterocycles. The van der Waals surface area contributed by atoms with Gasteiger partial charge in [0, 0.05) is 17.0 Å². The number of aryl methyl sites for hydroxylation is 1. The lowest BCUT2D eigenvalue weighted by molar-refractivity contribution is 0.0989. The largest absolute Gasteiger partial charge is 0.507 e. The van der Waals surface area contributed by atoms with Crippen molar-refractivity contribution in [2.24, 2.45) is 0 Å². The Hall–Kier alpha value is -1.13. The maximum absolute atomic E-state index is 12.4. The molecule has 116 valence electrons. The Morgan fingerprint density at radius 1 is 1.00 bits per heavy atom. The molecule has 0 aliphatic rings. The smallest absolute Gasteiger partial charge is 0.172 e. The van der Waals surface area contributed by atoms with Crippen molar-refractivity contribution in [3.05, 3.63) is 55.0 Å². The van der Waals surface area contributed by atoms with Crippen molar-refractivity contribution in [3.8, 4) is 11.5 Å². The van der Waals surface area contributed by atoms with E-state index in [1.54, 1.807) is 13.0 Å². The zero-order valence-electron chi connectivity index (χ0n) is 11.3. The van der Waals surface area contributed by atoms with Crippen molar-refractivity contribution in [3.63, 3.8) is 0 Å². The van der Waals surface area contributed by atoms with Crippen LogP contribution < -0.4 is 0 Å². The molecule has 0 radical (unpaired) electrons. The van der Waals surface area contributed by atoms with Crippen molar-refractivity contribution in [2.45, 2.75) is 13.3 Å². The number of rotatable bonds is 3. The van der Waals surface area contributed by atoms with Crippen molar-refractivity contribution in [2.75, 3.05) is 0 Å². The molecule has 0 saturated carbocycles. The molecule has 7 heteroatoms. The molecule has 0 aliphatic carbocycles. The van der Waals surface area contributed by atoms with E-state index in [-0.39, 0.29) is 32.8 Å². The molecule has 22 heavy (non-hydrogen) atoms. The summed E-state index contributed by atoms with van der Waals surface area (Å²) in [4.78, 5) is 12.4. The lowest BCUT2D eigenvalue weighted by atomic mass is 9.99. The fourth-order valence-corrected chi connectivity index (χ4v) is 3.05. The Labute approximate surface area is 147 Å². The van der Waals surface area contributed by atoms with Gasteiger partial charge in [-0.1, -0.05) is 46.4 Å². The SMILES string of the molecule is Cc1cc(Cl)cc(CC(=O)c2c(O)c(Cl)cc(Cl)c2Cl)c1O. The van der Waals surface area contributed by atoms with Crippen molar-refractivity contribution < 1.29 is 15.0 Å². The highest BCUT2D eigenvalue weighted by molar-refractivity contribution is 6.46. The molecule has 2 aromatic rings. The van der Waals surface area contributed by atoms with Crippen molar-refractivity contribution in [1.29, 1.82) is 0 Å². The minimum atomic E-state index is -0.538. The van der Waals surface area contributed by atoms with Crippen LogP contribution in [0.15, 0.2) is 18.2 Å². The minimum Gasteiger partial charge on any atom is -0.507 e. The predicted molar refractivity (Wildman–Crippen MR) is 89.0 cm³/mol. The quantitative estimate of drug-likeness (QED) is 0.551. The highest BCUT2D eigenvalue weighted by Gasteiger charge is 2.22. The van der Waals surface area contributed by atoms with Crippen LogP contribution in [0.4, 0.5) is 0 Å². The number of Topliss-reactive ketones (excluding diaryl/α,β-unsaturated/α-hetero) is 1. The summed E-state index contributed by atoms with van der Waals surface area (Å²) >= 11 is 23.6. The van der Waals surface area contributed by atoms with Crippen LogP contribution in [0.2, 0.25) is 20.1 Å². The third kappa shape index (κ3) is 3.28. The summed E-state index contributed by atoms with van der Waals surface area (Å²) < 4.78 is 0. The van der Waals surface area contributed by atoms with E-state index in [2.05, 4.69) is 0 Å². The summed E-state index contributed by atoms with van der Waals surface area (Å²) in [6.45, 7) is 1.66. The van der Waals surface area contributed by atoms with Crippen LogP contribution in [0.3, 0.4) is 0 Å². The van der Waals surface area contributed by atoms with E-state index in [9.17, 15) is 15.0 Å². The zero-order valence-corrected chi connectivity index (χ0v) is 14.3. The number of carbonyl (C=O) groups is 1. The molecule has 0 atom stereocenters. The number of carbonyl (C=O) groups excluding carboxylic acids is 1. The van der Waals surface area contributed by atoms with Gasteiger partial charge in [0.05, 0.1) is 20.6 Å². The molecule has 2 rings (SSSR count). The summed E-state index contributed by atoms with van der Waals surface area (Å²) in [7, 11) is 0. The van der Waals surface area contributed by atoms with Gasteiger partial charge in [0.15, 0.2) is 5.78 Å². The third-order valence-electron chi connectivity index (χ3n) is 3.12. The molecular weight excluding hydrogens is 370 g/mol. The van der Waals surface area contributed by atoms with E-state index in [1.165, 1.54) is 12.1 Å². The summed E-state index contributed by atoms with van der Waals surface area (Å²) in [6.07, 6.45) is -0.211. The lowest BCUT2D eigenvalue weighted by Gasteiger charge is -2.11. The Balaban J connectivity index is 2.47. The number of halogens is 4. The number of phenols is 2. The van der Waals surface area contributed by atoms with Crippen molar-refractivity contribution >= 4 is 52.2 Å². The van der Waals surface area contributed by atoms with E-state index in [0.717, 1.165) is 0 Å². The van der Waals surface area contributed by atoms with E-state index in [1.807, 2.05) is 0 Å². The summed E-state index contributed by atoms with van der Waals surface area (Å²) in [5, 5.41) is 20.2. The monoisotopic (exact) mass is 378 g/mol. The number of ketones is 1. The second kappa shape index (κ2) is 6.55. The standard InChI is InChI=1S/C15H10Cl4O3/c1-6-2-8(16)3-7(14(6)21)4-11(20)12-13(19)9(17)5-10(18)15(12)22/h2-3,5,21-22H,4H2,1H3. The molecule has 0 fully saturated rings. The van der Waals surface area contributed by atoms with E-state index >= 15 is 0 Å². The second-order valence-corrected chi connectivity index (χ2v) is 6.34. The maximum Gasteiger partial charge on any atom is 0.172 e. The normalized spacial score (nSPS) is 10.8. The average molecular weight is 380 g/mol. The maximum atomic E-state index is 12.4. The third-order valence-corrected chi connectivity index (χ3v) is 4.41. The van der Waals surface area contributed by atoms with Crippen LogP contribution in [0, 0.1) is 6.92 Å². The molecule has 0 saturated heterocycles. The number of phenolic OH excluding ortho intramolecular Hbond substituents is 2. The first kappa shape index (κ1) is 17.2. The number of benzene rings is 2. The predicted octanol–water partition coefficient (Wildman–Crippen LogP) is 5.45. The molecule has 2 aromatic carbocycles.